The Morgan fingerprint density at radius 2 is 1.62 bits per heavy atom. The number of rotatable bonds is 16. The highest BCUT2D eigenvalue weighted by Crippen LogP contribution is 2.35. The molecule has 234 valence electrons. The Balaban J connectivity index is 2.07. The number of sulfone groups is 1. The first kappa shape index (κ1) is 34.9. The van der Waals surface area contributed by atoms with Crippen molar-refractivity contribution in [1.29, 1.82) is 0 Å². The highest BCUT2D eigenvalue weighted by molar-refractivity contribution is 7.92. The molecule has 0 saturated carbocycles. The smallest absolute Gasteiger partial charge is 0.407 e. The van der Waals surface area contributed by atoms with Crippen molar-refractivity contribution in [3.8, 4) is 16.9 Å². The highest BCUT2D eigenvalue weighted by Gasteiger charge is 2.29. The normalized spacial score (nSPS) is 13.1. The second-order valence-electron chi connectivity index (χ2n) is 10.6. The Bertz CT molecular complexity index is 1310. The third-order valence-electron chi connectivity index (χ3n) is 7.22. The third-order valence-corrected chi connectivity index (χ3v) is 9.53. The van der Waals surface area contributed by atoms with E-state index in [0.29, 0.717) is 48.8 Å². The molecule has 0 heterocycles. The van der Waals surface area contributed by atoms with Gasteiger partial charge in [-0.05, 0) is 55.9 Å². The number of hydrogen-bond acceptors (Lipinski definition) is 6. The van der Waals surface area contributed by atoms with E-state index in [0.717, 1.165) is 23.1 Å². The van der Waals surface area contributed by atoms with E-state index in [1.807, 2.05) is 13.8 Å². The van der Waals surface area contributed by atoms with Crippen LogP contribution in [0.2, 0.25) is 0 Å². The second kappa shape index (κ2) is 15.8. The van der Waals surface area contributed by atoms with Crippen LogP contribution >= 0.6 is 0 Å². The molecule has 2 amide bonds. The number of carboxylic acid groups (broad SMARTS) is 1. The molecule has 0 bridgehead atoms. The zero-order valence-corrected chi connectivity index (χ0v) is 25.5. The SMILES string of the molecule is CCCC(CCC)S(=O)(=O)C[C@H](N)C(=O)N[C@@H](C)CCN(Cc1ccc(-c2cc(F)cc(F)c2)c(CC)c1O)C(=O)O. The van der Waals surface area contributed by atoms with Crippen molar-refractivity contribution in [2.24, 2.45) is 5.73 Å². The topological polar surface area (TPSA) is 150 Å². The van der Waals surface area contributed by atoms with Gasteiger partial charge in [0.05, 0.1) is 23.6 Å². The molecule has 0 aliphatic heterocycles. The number of carbonyl (C=O) groups is 2. The number of carbonyl (C=O) groups excluding carboxylic acids is 1. The van der Waals surface area contributed by atoms with Crippen LogP contribution in [0.3, 0.4) is 0 Å². The number of nitrogens with two attached hydrogens (primary N) is 1. The maximum Gasteiger partial charge on any atom is 0.407 e. The van der Waals surface area contributed by atoms with Crippen molar-refractivity contribution in [2.45, 2.75) is 90.1 Å². The molecule has 2 atom stereocenters. The minimum atomic E-state index is -3.57. The minimum absolute atomic E-state index is 0.00283. The summed E-state index contributed by atoms with van der Waals surface area (Å²) >= 11 is 0. The molecule has 0 aliphatic rings. The van der Waals surface area contributed by atoms with Crippen LogP contribution in [0.15, 0.2) is 30.3 Å². The molecule has 0 aliphatic carbocycles. The lowest BCUT2D eigenvalue weighted by Gasteiger charge is -2.24. The Labute approximate surface area is 247 Å². The average molecular weight is 612 g/mol. The van der Waals surface area contributed by atoms with Gasteiger partial charge in [-0.1, -0.05) is 45.7 Å². The first-order valence-electron chi connectivity index (χ1n) is 14.3. The molecule has 0 saturated heterocycles. The van der Waals surface area contributed by atoms with Crippen LogP contribution in [-0.4, -0.2) is 65.2 Å². The Morgan fingerprint density at radius 1 is 1.02 bits per heavy atom. The van der Waals surface area contributed by atoms with Crippen molar-refractivity contribution < 1.29 is 37.0 Å². The molecule has 5 N–H and O–H groups in total. The van der Waals surface area contributed by atoms with E-state index in [4.69, 9.17) is 5.73 Å². The fourth-order valence-electron chi connectivity index (χ4n) is 4.98. The summed E-state index contributed by atoms with van der Waals surface area (Å²) in [4.78, 5) is 25.7. The van der Waals surface area contributed by atoms with E-state index in [2.05, 4.69) is 5.32 Å². The highest BCUT2D eigenvalue weighted by atomic mass is 32.2. The number of benzene rings is 2. The van der Waals surface area contributed by atoms with Gasteiger partial charge < -0.3 is 26.2 Å². The standard InChI is InChI=1S/C30H43F2N3O6S/c1-5-8-24(9-6-2)42(40,41)18-27(33)29(37)34-19(4)12-13-35(30(38)39)17-20-10-11-26(25(7-3)28(20)36)21-14-22(31)16-23(32)15-21/h10-11,14-16,19,24,27,36H,5-9,12-13,17-18,33H2,1-4H3,(H,34,37)(H,38,39)/t19-,27-/m0/s1. The van der Waals surface area contributed by atoms with Crippen LogP contribution in [-0.2, 0) is 27.6 Å². The van der Waals surface area contributed by atoms with E-state index in [-0.39, 0.29) is 30.8 Å². The molecule has 42 heavy (non-hydrogen) atoms. The summed E-state index contributed by atoms with van der Waals surface area (Å²) in [5.74, 6) is -2.77. The van der Waals surface area contributed by atoms with Gasteiger partial charge >= 0.3 is 6.09 Å². The van der Waals surface area contributed by atoms with Gasteiger partial charge in [0.1, 0.15) is 17.4 Å². The maximum absolute atomic E-state index is 13.8. The molecular formula is C30H43F2N3O6S. The van der Waals surface area contributed by atoms with Crippen molar-refractivity contribution in [3.63, 3.8) is 0 Å². The Morgan fingerprint density at radius 3 is 2.14 bits per heavy atom. The van der Waals surface area contributed by atoms with Crippen LogP contribution in [0.25, 0.3) is 11.1 Å². The number of hydrogen-bond donors (Lipinski definition) is 4. The van der Waals surface area contributed by atoms with Gasteiger partial charge in [-0.2, -0.15) is 0 Å². The van der Waals surface area contributed by atoms with E-state index < -0.39 is 56.6 Å². The number of nitrogens with zero attached hydrogens (tertiary/aromatic N) is 1. The van der Waals surface area contributed by atoms with Crippen LogP contribution in [0.4, 0.5) is 13.6 Å². The number of halogens is 2. The van der Waals surface area contributed by atoms with Crippen molar-refractivity contribution in [2.75, 3.05) is 12.3 Å². The van der Waals surface area contributed by atoms with Gasteiger partial charge in [0.25, 0.3) is 0 Å². The number of aromatic hydroxyl groups is 1. The van der Waals surface area contributed by atoms with Crippen molar-refractivity contribution >= 4 is 21.8 Å². The number of phenolic OH excluding ortho intramolecular Hbond substituents is 1. The predicted octanol–water partition coefficient (Wildman–Crippen LogP) is 4.99. The molecule has 0 unspecified atom stereocenters. The first-order valence-corrected chi connectivity index (χ1v) is 16.0. The van der Waals surface area contributed by atoms with Gasteiger partial charge in [-0.25, -0.2) is 22.0 Å². The van der Waals surface area contributed by atoms with Gasteiger partial charge in [0.2, 0.25) is 5.91 Å². The van der Waals surface area contributed by atoms with E-state index in [1.54, 1.807) is 19.9 Å². The summed E-state index contributed by atoms with van der Waals surface area (Å²) in [6.07, 6.45) is 1.71. The van der Waals surface area contributed by atoms with E-state index in [9.17, 15) is 37.0 Å². The molecule has 0 radical (unpaired) electrons. The first-order chi connectivity index (χ1) is 19.7. The van der Waals surface area contributed by atoms with E-state index in [1.165, 1.54) is 6.07 Å². The quantitative estimate of drug-likeness (QED) is 0.209. The Hall–Kier alpha value is -3.25. The van der Waals surface area contributed by atoms with Crippen LogP contribution in [0.5, 0.6) is 5.75 Å². The van der Waals surface area contributed by atoms with Gasteiger partial charge in [0, 0.05) is 29.8 Å². The second-order valence-corrected chi connectivity index (χ2v) is 13.0. The van der Waals surface area contributed by atoms with Gasteiger partial charge in [-0.3, -0.25) is 4.79 Å². The average Bonchev–Trinajstić information content (AvgIpc) is 2.90. The van der Waals surface area contributed by atoms with Gasteiger partial charge in [-0.15, -0.1) is 0 Å². The van der Waals surface area contributed by atoms with Crippen LogP contribution in [0, 0.1) is 11.6 Å². The third kappa shape index (κ3) is 9.65. The van der Waals surface area contributed by atoms with E-state index >= 15 is 0 Å². The van der Waals surface area contributed by atoms with Gasteiger partial charge in [0.15, 0.2) is 9.84 Å². The lowest BCUT2D eigenvalue weighted by Crippen LogP contribution is -2.49. The molecule has 2 aromatic rings. The number of phenols is 1. The molecule has 12 heteroatoms. The molecule has 0 aromatic heterocycles. The number of amides is 2. The molecule has 0 spiro atoms. The molecule has 2 aromatic carbocycles. The van der Waals surface area contributed by atoms with Crippen molar-refractivity contribution in [3.05, 3.63) is 53.1 Å². The summed E-state index contributed by atoms with van der Waals surface area (Å²) in [5.41, 5.74) is 7.36. The van der Waals surface area contributed by atoms with Crippen LogP contribution < -0.4 is 11.1 Å². The lowest BCUT2D eigenvalue weighted by atomic mass is 9.94. The summed E-state index contributed by atoms with van der Waals surface area (Å²) in [6.45, 7) is 7.07. The lowest BCUT2D eigenvalue weighted by molar-refractivity contribution is -0.122. The van der Waals surface area contributed by atoms with Crippen LogP contribution in [0.1, 0.15) is 70.9 Å². The molecular weight excluding hydrogens is 568 g/mol. The molecule has 0 fully saturated rings. The Kier molecular flexibility index (Phi) is 13.2. The minimum Gasteiger partial charge on any atom is -0.507 e. The summed E-state index contributed by atoms with van der Waals surface area (Å²) in [7, 11) is -3.57. The number of nitrogens with one attached hydrogen (secondary N) is 1. The predicted molar refractivity (Wildman–Crippen MR) is 159 cm³/mol. The monoisotopic (exact) mass is 611 g/mol. The fraction of sp³-hybridized carbons (Fsp3) is 0.533. The van der Waals surface area contributed by atoms with Crippen molar-refractivity contribution in [1.82, 2.24) is 10.2 Å². The summed E-state index contributed by atoms with van der Waals surface area (Å²) in [6, 6.07) is 4.41. The molecule has 9 nitrogen and oxygen atoms in total. The largest absolute Gasteiger partial charge is 0.507 e. The zero-order valence-electron chi connectivity index (χ0n) is 24.7. The summed E-state index contributed by atoms with van der Waals surface area (Å²) in [5, 5.41) is 22.8. The zero-order chi connectivity index (χ0) is 31.6. The molecule has 2 rings (SSSR count). The maximum atomic E-state index is 13.8. The fourth-order valence-corrected chi connectivity index (χ4v) is 7.09. The summed E-state index contributed by atoms with van der Waals surface area (Å²) < 4.78 is 53.2.